The Kier molecular flexibility index (Phi) is 8.15. The fourth-order valence-corrected chi connectivity index (χ4v) is 4.37. The zero-order chi connectivity index (χ0) is 24.1. The molecule has 0 radical (unpaired) electrons. The highest BCUT2D eigenvalue weighted by Gasteiger charge is 2.26. The van der Waals surface area contributed by atoms with E-state index in [1.807, 2.05) is 57.5 Å². The number of carbonyl (C=O) groups is 2. The van der Waals surface area contributed by atoms with E-state index in [0.29, 0.717) is 21.6 Å². The summed E-state index contributed by atoms with van der Waals surface area (Å²) in [4.78, 5) is 25.3. The summed E-state index contributed by atoms with van der Waals surface area (Å²) in [6.45, 7) is 7.93. The lowest BCUT2D eigenvalue weighted by molar-refractivity contribution is -0.113. The molecule has 0 aliphatic carbocycles. The SMILES string of the molecule is Cc1cccc(C)c1NC(=O)CSc1nnc(C(NC(=O)c2ccccc2Cl)C(C)C)n1C. The van der Waals surface area contributed by atoms with Gasteiger partial charge in [-0.15, -0.1) is 10.2 Å². The number of hydrogen-bond donors (Lipinski definition) is 2. The van der Waals surface area contributed by atoms with Gasteiger partial charge in [0, 0.05) is 12.7 Å². The Morgan fingerprint density at radius 1 is 1.06 bits per heavy atom. The fourth-order valence-electron chi connectivity index (χ4n) is 3.43. The van der Waals surface area contributed by atoms with Gasteiger partial charge in [0.1, 0.15) is 0 Å². The number of nitrogens with one attached hydrogen (secondary N) is 2. The molecular formula is C24H28ClN5O2S. The molecule has 0 fully saturated rings. The second kappa shape index (κ2) is 10.9. The molecule has 9 heteroatoms. The van der Waals surface area contributed by atoms with Gasteiger partial charge in [-0.1, -0.05) is 67.5 Å². The normalized spacial score (nSPS) is 12.0. The number of benzene rings is 2. The maximum absolute atomic E-state index is 12.8. The molecule has 2 amide bonds. The lowest BCUT2D eigenvalue weighted by atomic mass is 10.0. The number of halogens is 1. The topological polar surface area (TPSA) is 88.9 Å². The number of para-hydroxylation sites is 1. The number of rotatable bonds is 8. The Balaban J connectivity index is 1.69. The summed E-state index contributed by atoms with van der Waals surface area (Å²) in [5, 5.41) is 15.5. The summed E-state index contributed by atoms with van der Waals surface area (Å²) in [7, 11) is 1.83. The Morgan fingerprint density at radius 2 is 1.73 bits per heavy atom. The molecule has 1 aromatic heterocycles. The van der Waals surface area contributed by atoms with Crippen LogP contribution in [0.25, 0.3) is 0 Å². The van der Waals surface area contributed by atoms with E-state index in [-0.39, 0.29) is 29.5 Å². The Labute approximate surface area is 203 Å². The molecule has 0 saturated heterocycles. The van der Waals surface area contributed by atoms with Crippen LogP contribution in [-0.2, 0) is 11.8 Å². The lowest BCUT2D eigenvalue weighted by Crippen LogP contribution is -2.33. The van der Waals surface area contributed by atoms with Gasteiger partial charge in [0.05, 0.1) is 22.4 Å². The zero-order valence-electron chi connectivity index (χ0n) is 19.3. The van der Waals surface area contributed by atoms with Crippen molar-refractivity contribution < 1.29 is 9.59 Å². The van der Waals surface area contributed by atoms with Crippen molar-refractivity contribution in [1.82, 2.24) is 20.1 Å². The molecule has 0 aliphatic rings. The number of thioether (sulfide) groups is 1. The minimum Gasteiger partial charge on any atom is -0.342 e. The third-order valence-corrected chi connectivity index (χ3v) is 6.65. The summed E-state index contributed by atoms with van der Waals surface area (Å²) >= 11 is 7.47. The molecule has 0 saturated carbocycles. The van der Waals surface area contributed by atoms with Crippen LogP contribution in [0.3, 0.4) is 0 Å². The summed E-state index contributed by atoms with van der Waals surface area (Å²) in [5.41, 5.74) is 3.28. The number of amides is 2. The summed E-state index contributed by atoms with van der Waals surface area (Å²) in [5.74, 6) is 0.476. The molecule has 0 bridgehead atoms. The van der Waals surface area contributed by atoms with Crippen molar-refractivity contribution in [1.29, 1.82) is 0 Å². The van der Waals surface area contributed by atoms with Crippen molar-refractivity contribution in [3.8, 4) is 0 Å². The first-order valence-electron chi connectivity index (χ1n) is 10.6. The molecule has 3 rings (SSSR count). The van der Waals surface area contributed by atoms with E-state index in [2.05, 4.69) is 20.8 Å². The minimum atomic E-state index is -0.371. The third-order valence-electron chi connectivity index (χ3n) is 5.30. The molecule has 2 aromatic carbocycles. The highest BCUT2D eigenvalue weighted by Crippen LogP contribution is 2.26. The van der Waals surface area contributed by atoms with Crippen LogP contribution in [0, 0.1) is 19.8 Å². The maximum Gasteiger partial charge on any atom is 0.253 e. The molecule has 1 unspecified atom stereocenters. The monoisotopic (exact) mass is 485 g/mol. The molecule has 3 aromatic rings. The number of hydrogen-bond acceptors (Lipinski definition) is 5. The summed E-state index contributed by atoms with van der Waals surface area (Å²) in [6, 6.07) is 12.4. The minimum absolute atomic E-state index is 0.0597. The highest BCUT2D eigenvalue weighted by molar-refractivity contribution is 7.99. The van der Waals surface area contributed by atoms with E-state index in [1.54, 1.807) is 24.3 Å². The van der Waals surface area contributed by atoms with Gasteiger partial charge in [-0.05, 0) is 43.0 Å². The third kappa shape index (κ3) is 5.94. The fraction of sp³-hybridized carbons (Fsp3) is 0.333. The Morgan fingerprint density at radius 3 is 2.36 bits per heavy atom. The maximum atomic E-state index is 12.8. The first kappa shape index (κ1) is 24.8. The lowest BCUT2D eigenvalue weighted by Gasteiger charge is -2.22. The molecule has 1 atom stereocenters. The van der Waals surface area contributed by atoms with Crippen LogP contribution in [0.15, 0.2) is 47.6 Å². The Hall–Kier alpha value is -2.84. The van der Waals surface area contributed by atoms with Crippen molar-refractivity contribution in [3.05, 3.63) is 70.0 Å². The number of carbonyl (C=O) groups excluding carboxylic acids is 2. The van der Waals surface area contributed by atoms with Crippen LogP contribution in [0.2, 0.25) is 5.02 Å². The second-order valence-electron chi connectivity index (χ2n) is 8.18. The smallest absolute Gasteiger partial charge is 0.253 e. The van der Waals surface area contributed by atoms with Crippen molar-refractivity contribution in [2.75, 3.05) is 11.1 Å². The van der Waals surface area contributed by atoms with E-state index in [9.17, 15) is 9.59 Å². The summed E-state index contributed by atoms with van der Waals surface area (Å²) < 4.78 is 1.81. The van der Waals surface area contributed by atoms with E-state index >= 15 is 0 Å². The molecule has 174 valence electrons. The molecule has 7 nitrogen and oxygen atoms in total. The van der Waals surface area contributed by atoms with Crippen molar-refractivity contribution in [2.24, 2.45) is 13.0 Å². The van der Waals surface area contributed by atoms with Gasteiger partial charge in [-0.25, -0.2) is 0 Å². The zero-order valence-corrected chi connectivity index (χ0v) is 20.9. The molecular weight excluding hydrogens is 458 g/mol. The van der Waals surface area contributed by atoms with Crippen molar-refractivity contribution in [3.63, 3.8) is 0 Å². The van der Waals surface area contributed by atoms with Gasteiger partial charge in [-0.2, -0.15) is 0 Å². The van der Waals surface area contributed by atoms with Crippen LogP contribution in [0.4, 0.5) is 5.69 Å². The van der Waals surface area contributed by atoms with Gasteiger partial charge in [-0.3, -0.25) is 9.59 Å². The van der Waals surface area contributed by atoms with Crippen LogP contribution in [0.5, 0.6) is 0 Å². The number of aromatic nitrogens is 3. The van der Waals surface area contributed by atoms with Gasteiger partial charge < -0.3 is 15.2 Å². The van der Waals surface area contributed by atoms with Gasteiger partial charge in [0.15, 0.2) is 11.0 Å². The van der Waals surface area contributed by atoms with E-state index in [4.69, 9.17) is 11.6 Å². The predicted octanol–water partition coefficient (Wildman–Crippen LogP) is 4.94. The van der Waals surface area contributed by atoms with Crippen molar-refractivity contribution >= 4 is 40.9 Å². The molecule has 0 spiro atoms. The average Bonchev–Trinajstić information content (AvgIpc) is 3.13. The van der Waals surface area contributed by atoms with E-state index < -0.39 is 0 Å². The first-order chi connectivity index (χ1) is 15.7. The first-order valence-corrected chi connectivity index (χ1v) is 12.0. The van der Waals surface area contributed by atoms with Crippen LogP contribution in [0.1, 0.15) is 47.2 Å². The standard InChI is InChI=1S/C24H28ClN5O2S/c1-14(2)20(27-23(32)17-11-6-7-12-18(17)25)22-28-29-24(30(22)5)33-13-19(31)26-21-15(3)9-8-10-16(21)4/h6-12,14,20H,13H2,1-5H3,(H,26,31)(H,27,32). The largest absolute Gasteiger partial charge is 0.342 e. The average molecular weight is 486 g/mol. The van der Waals surface area contributed by atoms with E-state index in [1.165, 1.54) is 11.8 Å². The highest BCUT2D eigenvalue weighted by atomic mass is 35.5. The second-order valence-corrected chi connectivity index (χ2v) is 9.53. The summed E-state index contributed by atoms with van der Waals surface area (Å²) in [6.07, 6.45) is 0. The number of anilines is 1. The van der Waals surface area contributed by atoms with Gasteiger partial charge in [0.25, 0.3) is 5.91 Å². The molecule has 0 aliphatic heterocycles. The molecule has 1 heterocycles. The molecule has 2 N–H and O–H groups in total. The molecule has 33 heavy (non-hydrogen) atoms. The van der Waals surface area contributed by atoms with Crippen LogP contribution < -0.4 is 10.6 Å². The Bertz CT molecular complexity index is 1140. The number of nitrogens with zero attached hydrogens (tertiary/aromatic N) is 3. The van der Waals surface area contributed by atoms with Crippen LogP contribution >= 0.6 is 23.4 Å². The van der Waals surface area contributed by atoms with Gasteiger partial charge in [0.2, 0.25) is 5.91 Å². The quantitative estimate of drug-likeness (QED) is 0.441. The van der Waals surface area contributed by atoms with Gasteiger partial charge >= 0.3 is 0 Å². The van der Waals surface area contributed by atoms with Crippen LogP contribution in [-0.4, -0.2) is 32.3 Å². The van der Waals surface area contributed by atoms with E-state index in [0.717, 1.165) is 16.8 Å². The number of aryl methyl sites for hydroxylation is 2. The predicted molar refractivity (Wildman–Crippen MR) is 133 cm³/mol. The van der Waals surface area contributed by atoms with Crippen molar-refractivity contribution in [2.45, 2.75) is 38.9 Å².